The summed E-state index contributed by atoms with van der Waals surface area (Å²) in [5.74, 6) is -0.224. The molecular formula is C14H21FN2O2. The molecule has 0 bridgehead atoms. The fourth-order valence-electron chi connectivity index (χ4n) is 2.31. The van der Waals surface area contributed by atoms with E-state index in [0.29, 0.717) is 31.8 Å². The van der Waals surface area contributed by atoms with Gasteiger partial charge in [0.1, 0.15) is 0 Å². The number of hydrogen-bond acceptors (Lipinski definition) is 4. The van der Waals surface area contributed by atoms with E-state index in [-0.39, 0.29) is 5.75 Å². The van der Waals surface area contributed by atoms with Crippen LogP contribution in [0.2, 0.25) is 0 Å². The second-order valence-electron chi connectivity index (χ2n) is 5.36. The van der Waals surface area contributed by atoms with Gasteiger partial charge in [0.05, 0.1) is 23.6 Å². The van der Waals surface area contributed by atoms with Crippen molar-refractivity contribution in [3.8, 4) is 5.75 Å². The molecule has 1 saturated heterocycles. The number of β-amino-alcohol motifs (C(OH)–C–C–N with tert-alkyl or cyclic N) is 1. The molecule has 5 heteroatoms. The van der Waals surface area contributed by atoms with Crippen LogP contribution in [0.4, 0.5) is 15.8 Å². The Balaban J connectivity index is 2.25. The molecule has 4 nitrogen and oxygen atoms in total. The van der Waals surface area contributed by atoms with Gasteiger partial charge in [-0.1, -0.05) is 6.92 Å². The van der Waals surface area contributed by atoms with Crippen LogP contribution < -0.4 is 15.4 Å². The fraction of sp³-hybridized carbons (Fsp3) is 0.571. The van der Waals surface area contributed by atoms with Crippen LogP contribution in [0.15, 0.2) is 12.1 Å². The van der Waals surface area contributed by atoms with Crippen molar-refractivity contribution in [3.05, 3.63) is 17.9 Å². The van der Waals surface area contributed by atoms with Crippen LogP contribution in [0.25, 0.3) is 0 Å². The summed E-state index contributed by atoms with van der Waals surface area (Å²) in [6.45, 7) is 5.43. The monoisotopic (exact) mass is 268 g/mol. The summed E-state index contributed by atoms with van der Waals surface area (Å²) in [5, 5.41) is 9.99. The highest BCUT2D eigenvalue weighted by Crippen LogP contribution is 2.35. The molecule has 1 atom stereocenters. The Morgan fingerprint density at radius 2 is 2.26 bits per heavy atom. The first-order valence-electron chi connectivity index (χ1n) is 6.62. The molecule has 1 heterocycles. The van der Waals surface area contributed by atoms with Crippen molar-refractivity contribution < 1.29 is 14.2 Å². The Morgan fingerprint density at radius 3 is 2.84 bits per heavy atom. The van der Waals surface area contributed by atoms with Crippen molar-refractivity contribution in [1.29, 1.82) is 0 Å². The first-order valence-corrected chi connectivity index (χ1v) is 6.62. The summed E-state index contributed by atoms with van der Waals surface area (Å²) < 4.78 is 19.1. The molecule has 1 aromatic carbocycles. The summed E-state index contributed by atoms with van der Waals surface area (Å²) >= 11 is 0. The highest BCUT2D eigenvalue weighted by molar-refractivity contribution is 5.70. The average Bonchev–Trinajstić information content (AvgIpc) is 2.68. The van der Waals surface area contributed by atoms with Crippen LogP contribution >= 0.6 is 0 Å². The summed E-state index contributed by atoms with van der Waals surface area (Å²) in [5.41, 5.74) is 6.25. The number of halogens is 1. The van der Waals surface area contributed by atoms with Crippen LogP contribution in [0.1, 0.15) is 26.7 Å². The van der Waals surface area contributed by atoms with Crippen molar-refractivity contribution in [2.75, 3.05) is 30.3 Å². The van der Waals surface area contributed by atoms with Gasteiger partial charge in [-0.05, 0) is 19.8 Å². The predicted octanol–water partition coefficient (Wildman–Crippen LogP) is 2.16. The predicted molar refractivity (Wildman–Crippen MR) is 74.1 cm³/mol. The van der Waals surface area contributed by atoms with E-state index in [9.17, 15) is 9.50 Å². The minimum absolute atomic E-state index is 0.220. The number of nitrogens with two attached hydrogens (primary N) is 1. The molecule has 1 fully saturated rings. The van der Waals surface area contributed by atoms with E-state index in [1.54, 1.807) is 13.0 Å². The molecule has 0 radical (unpaired) electrons. The van der Waals surface area contributed by atoms with Gasteiger partial charge >= 0.3 is 0 Å². The highest BCUT2D eigenvalue weighted by Gasteiger charge is 2.32. The molecule has 1 unspecified atom stereocenters. The Hall–Kier alpha value is -1.49. The molecule has 1 aromatic rings. The maximum Gasteiger partial charge on any atom is 0.167 e. The van der Waals surface area contributed by atoms with E-state index < -0.39 is 11.4 Å². The van der Waals surface area contributed by atoms with Crippen molar-refractivity contribution in [3.63, 3.8) is 0 Å². The van der Waals surface area contributed by atoms with E-state index in [1.807, 2.05) is 11.8 Å². The molecular weight excluding hydrogens is 247 g/mol. The number of rotatable bonds is 4. The van der Waals surface area contributed by atoms with Crippen LogP contribution in [0, 0.1) is 5.82 Å². The van der Waals surface area contributed by atoms with Gasteiger partial charge in [-0.15, -0.1) is 0 Å². The lowest BCUT2D eigenvalue weighted by atomic mass is 10.1. The van der Waals surface area contributed by atoms with E-state index in [4.69, 9.17) is 10.5 Å². The molecule has 0 saturated carbocycles. The zero-order chi connectivity index (χ0) is 14.0. The third-order valence-corrected chi connectivity index (χ3v) is 3.34. The minimum atomic E-state index is -0.717. The van der Waals surface area contributed by atoms with Crippen molar-refractivity contribution in [1.82, 2.24) is 0 Å². The number of hydrogen-bond donors (Lipinski definition) is 2. The molecule has 0 aliphatic carbocycles. The first kappa shape index (κ1) is 13.9. The van der Waals surface area contributed by atoms with E-state index in [2.05, 4.69) is 0 Å². The number of nitrogens with zero attached hydrogens (tertiary/aromatic N) is 1. The van der Waals surface area contributed by atoms with Crippen molar-refractivity contribution in [2.45, 2.75) is 32.3 Å². The molecule has 2 rings (SSSR count). The summed E-state index contributed by atoms with van der Waals surface area (Å²) in [7, 11) is 0. The summed E-state index contributed by atoms with van der Waals surface area (Å²) in [6.07, 6.45) is 1.49. The Kier molecular flexibility index (Phi) is 3.85. The molecule has 1 aliphatic heterocycles. The Bertz CT molecular complexity index is 463. The van der Waals surface area contributed by atoms with Crippen LogP contribution in [-0.4, -0.2) is 30.4 Å². The van der Waals surface area contributed by atoms with Crippen LogP contribution in [-0.2, 0) is 0 Å². The number of anilines is 2. The molecule has 106 valence electrons. The van der Waals surface area contributed by atoms with Gasteiger partial charge in [0.25, 0.3) is 0 Å². The Labute approximate surface area is 113 Å². The average molecular weight is 268 g/mol. The maximum atomic E-state index is 13.7. The second-order valence-corrected chi connectivity index (χ2v) is 5.36. The second kappa shape index (κ2) is 5.25. The molecule has 0 spiro atoms. The van der Waals surface area contributed by atoms with Crippen molar-refractivity contribution >= 4 is 11.4 Å². The highest BCUT2D eigenvalue weighted by atomic mass is 19.1. The summed E-state index contributed by atoms with van der Waals surface area (Å²) in [4.78, 5) is 1.97. The van der Waals surface area contributed by atoms with Crippen LogP contribution in [0.3, 0.4) is 0 Å². The lowest BCUT2D eigenvalue weighted by Crippen LogP contribution is -2.30. The standard InChI is InChI=1S/C14H21FN2O2/c1-3-6-19-13-8-12(11(16)7-10(13)15)17-5-4-14(2,18)9-17/h7-8,18H,3-6,9,16H2,1-2H3. The Morgan fingerprint density at radius 1 is 1.53 bits per heavy atom. The number of benzene rings is 1. The normalized spacial score (nSPS) is 22.8. The van der Waals surface area contributed by atoms with E-state index in [0.717, 1.165) is 12.1 Å². The van der Waals surface area contributed by atoms with E-state index >= 15 is 0 Å². The number of nitrogen functional groups attached to an aromatic ring is 1. The molecule has 3 N–H and O–H groups in total. The zero-order valence-corrected chi connectivity index (χ0v) is 11.4. The number of aliphatic hydroxyl groups is 1. The zero-order valence-electron chi connectivity index (χ0n) is 11.4. The van der Waals surface area contributed by atoms with E-state index in [1.165, 1.54) is 6.07 Å². The first-order chi connectivity index (χ1) is 8.93. The lowest BCUT2D eigenvalue weighted by molar-refractivity contribution is 0.0839. The van der Waals surface area contributed by atoms with Crippen LogP contribution in [0.5, 0.6) is 5.75 Å². The van der Waals surface area contributed by atoms with Gasteiger partial charge < -0.3 is 20.5 Å². The van der Waals surface area contributed by atoms with Crippen molar-refractivity contribution in [2.24, 2.45) is 0 Å². The molecule has 0 aromatic heterocycles. The van der Waals surface area contributed by atoms with Gasteiger partial charge in [0.15, 0.2) is 11.6 Å². The smallest absolute Gasteiger partial charge is 0.167 e. The molecule has 0 amide bonds. The lowest BCUT2D eigenvalue weighted by Gasteiger charge is -2.23. The minimum Gasteiger partial charge on any atom is -0.490 e. The number of ether oxygens (including phenoxy) is 1. The largest absolute Gasteiger partial charge is 0.490 e. The van der Waals surface area contributed by atoms with Gasteiger partial charge in [-0.25, -0.2) is 4.39 Å². The molecule has 1 aliphatic rings. The third kappa shape index (κ3) is 3.10. The maximum absolute atomic E-state index is 13.7. The SMILES string of the molecule is CCCOc1cc(N2CCC(C)(O)C2)c(N)cc1F. The third-order valence-electron chi connectivity index (χ3n) is 3.34. The molecule has 19 heavy (non-hydrogen) atoms. The van der Waals surface area contributed by atoms with Gasteiger partial charge in [0.2, 0.25) is 0 Å². The van der Waals surface area contributed by atoms with Gasteiger partial charge in [0, 0.05) is 25.2 Å². The van der Waals surface area contributed by atoms with Gasteiger partial charge in [-0.3, -0.25) is 0 Å². The summed E-state index contributed by atoms with van der Waals surface area (Å²) in [6, 6.07) is 2.91. The van der Waals surface area contributed by atoms with Gasteiger partial charge in [-0.2, -0.15) is 0 Å². The quantitative estimate of drug-likeness (QED) is 0.822. The fourth-order valence-corrected chi connectivity index (χ4v) is 2.31. The topological polar surface area (TPSA) is 58.7 Å².